The van der Waals surface area contributed by atoms with Gasteiger partial charge in [0, 0.05) is 23.5 Å². The number of fused-ring (bicyclic) bond motifs is 1. The summed E-state index contributed by atoms with van der Waals surface area (Å²) in [6.07, 6.45) is 2.94. The molecule has 0 aliphatic carbocycles. The maximum atomic E-state index is 11.9. The van der Waals surface area contributed by atoms with Gasteiger partial charge in [-0.25, -0.2) is 5.43 Å². The standard InChI is InChI=1S/C15H12ClN3O3/c1-9-2-3-10(6-17-9)15(20)19-18-7-11-4-13-14(5-12(11)16)22-8-21-13/h2-7H,8H2,1H3,(H,19,20)/b18-7-. The third-order valence-electron chi connectivity index (χ3n) is 3.04. The molecule has 1 aromatic heterocycles. The van der Waals surface area contributed by atoms with Gasteiger partial charge in [0.25, 0.3) is 5.91 Å². The second kappa shape index (κ2) is 6.03. The highest BCUT2D eigenvalue weighted by Gasteiger charge is 2.15. The Morgan fingerprint density at radius 1 is 1.36 bits per heavy atom. The van der Waals surface area contributed by atoms with Crippen LogP contribution in [0.25, 0.3) is 0 Å². The molecule has 1 aliphatic rings. The van der Waals surface area contributed by atoms with Crippen molar-refractivity contribution in [1.82, 2.24) is 10.4 Å². The van der Waals surface area contributed by atoms with E-state index in [-0.39, 0.29) is 12.7 Å². The molecule has 112 valence electrons. The quantitative estimate of drug-likeness (QED) is 0.697. The van der Waals surface area contributed by atoms with Gasteiger partial charge in [-0.05, 0) is 25.1 Å². The molecular weight excluding hydrogens is 306 g/mol. The van der Waals surface area contributed by atoms with Crippen LogP contribution in [0, 0.1) is 6.92 Å². The van der Waals surface area contributed by atoms with E-state index in [9.17, 15) is 4.79 Å². The van der Waals surface area contributed by atoms with Crippen LogP contribution in [0.2, 0.25) is 5.02 Å². The average Bonchev–Trinajstić information content (AvgIpc) is 2.95. The molecule has 1 amide bonds. The molecule has 1 aromatic carbocycles. The van der Waals surface area contributed by atoms with Gasteiger partial charge in [0.05, 0.1) is 16.8 Å². The first kappa shape index (κ1) is 14.3. The van der Waals surface area contributed by atoms with Crippen LogP contribution in [0.15, 0.2) is 35.6 Å². The van der Waals surface area contributed by atoms with E-state index in [1.54, 1.807) is 24.3 Å². The van der Waals surface area contributed by atoms with Crippen LogP contribution >= 0.6 is 11.6 Å². The number of halogens is 1. The molecule has 0 radical (unpaired) electrons. The first-order chi connectivity index (χ1) is 10.6. The average molecular weight is 318 g/mol. The van der Waals surface area contributed by atoms with Crippen LogP contribution in [0.1, 0.15) is 21.6 Å². The predicted octanol–water partition coefficient (Wildman–Crippen LogP) is 2.54. The number of hydrogen-bond acceptors (Lipinski definition) is 5. The molecule has 7 heteroatoms. The van der Waals surface area contributed by atoms with Gasteiger partial charge < -0.3 is 9.47 Å². The molecule has 0 atom stereocenters. The van der Waals surface area contributed by atoms with Crippen molar-refractivity contribution in [3.05, 3.63) is 52.3 Å². The number of carbonyl (C=O) groups excluding carboxylic acids is 1. The Kier molecular flexibility index (Phi) is 3.93. The van der Waals surface area contributed by atoms with Crippen LogP contribution in [-0.4, -0.2) is 23.9 Å². The number of aromatic nitrogens is 1. The van der Waals surface area contributed by atoms with Crippen molar-refractivity contribution >= 4 is 23.7 Å². The molecule has 0 spiro atoms. The van der Waals surface area contributed by atoms with E-state index < -0.39 is 0 Å². The summed E-state index contributed by atoms with van der Waals surface area (Å²) in [5.74, 6) is 0.845. The number of nitrogens with one attached hydrogen (secondary N) is 1. The molecule has 1 aliphatic heterocycles. The Bertz CT molecular complexity index is 744. The molecule has 3 rings (SSSR count). The van der Waals surface area contributed by atoms with Gasteiger partial charge in [0.1, 0.15) is 0 Å². The topological polar surface area (TPSA) is 72.8 Å². The molecule has 0 saturated heterocycles. The second-order valence-corrected chi connectivity index (χ2v) is 5.02. The lowest BCUT2D eigenvalue weighted by molar-refractivity contribution is 0.0954. The zero-order chi connectivity index (χ0) is 15.5. The summed E-state index contributed by atoms with van der Waals surface area (Å²) in [5.41, 5.74) is 4.31. The summed E-state index contributed by atoms with van der Waals surface area (Å²) in [4.78, 5) is 15.9. The van der Waals surface area contributed by atoms with E-state index >= 15 is 0 Å². The second-order valence-electron chi connectivity index (χ2n) is 4.61. The molecule has 6 nitrogen and oxygen atoms in total. The lowest BCUT2D eigenvalue weighted by Crippen LogP contribution is -2.17. The zero-order valence-electron chi connectivity index (χ0n) is 11.7. The number of nitrogens with zero attached hydrogens (tertiary/aromatic N) is 2. The number of hydrogen-bond donors (Lipinski definition) is 1. The number of hydrazone groups is 1. The predicted molar refractivity (Wildman–Crippen MR) is 81.6 cm³/mol. The molecule has 0 saturated carbocycles. The first-order valence-corrected chi connectivity index (χ1v) is 6.86. The van der Waals surface area contributed by atoms with Crippen molar-refractivity contribution in [3.8, 4) is 11.5 Å². The number of aryl methyl sites for hydroxylation is 1. The highest BCUT2D eigenvalue weighted by Crippen LogP contribution is 2.36. The molecular formula is C15H12ClN3O3. The van der Waals surface area contributed by atoms with Gasteiger partial charge in [0.2, 0.25) is 6.79 Å². The molecule has 22 heavy (non-hydrogen) atoms. The van der Waals surface area contributed by atoms with Gasteiger partial charge in [-0.3, -0.25) is 9.78 Å². The van der Waals surface area contributed by atoms with E-state index in [2.05, 4.69) is 15.5 Å². The maximum absolute atomic E-state index is 11.9. The minimum absolute atomic E-state index is 0.170. The number of ether oxygens (including phenoxy) is 2. The Morgan fingerprint density at radius 2 is 2.14 bits per heavy atom. The van der Waals surface area contributed by atoms with Crippen molar-refractivity contribution in [3.63, 3.8) is 0 Å². The molecule has 1 N–H and O–H groups in total. The first-order valence-electron chi connectivity index (χ1n) is 6.49. The van der Waals surface area contributed by atoms with Crippen LogP contribution in [0.5, 0.6) is 11.5 Å². The van der Waals surface area contributed by atoms with Crippen LogP contribution in [-0.2, 0) is 0 Å². The van der Waals surface area contributed by atoms with Gasteiger partial charge in [-0.15, -0.1) is 0 Å². The Hall–Kier alpha value is -2.60. The SMILES string of the molecule is Cc1ccc(C(=O)N/N=C\c2cc3c(cc2Cl)OCO3)cn1. The van der Waals surface area contributed by atoms with Gasteiger partial charge in [-0.2, -0.15) is 5.10 Å². The fourth-order valence-corrected chi connectivity index (χ4v) is 2.06. The fourth-order valence-electron chi connectivity index (χ4n) is 1.86. The molecule has 2 heterocycles. The summed E-state index contributed by atoms with van der Waals surface area (Å²) in [7, 11) is 0. The van der Waals surface area contributed by atoms with E-state index in [1.165, 1.54) is 12.4 Å². The van der Waals surface area contributed by atoms with Gasteiger partial charge >= 0.3 is 0 Å². The summed E-state index contributed by atoms with van der Waals surface area (Å²) in [6, 6.07) is 6.79. The number of amides is 1. The molecule has 0 unspecified atom stereocenters. The minimum atomic E-state index is -0.347. The number of benzene rings is 1. The summed E-state index contributed by atoms with van der Waals surface area (Å²) in [6.45, 7) is 2.02. The minimum Gasteiger partial charge on any atom is -0.454 e. The number of rotatable bonds is 3. The number of carbonyl (C=O) groups is 1. The Labute approximate surface area is 131 Å². The van der Waals surface area contributed by atoms with E-state index in [4.69, 9.17) is 21.1 Å². The van der Waals surface area contributed by atoms with Crippen molar-refractivity contribution < 1.29 is 14.3 Å². The Balaban J connectivity index is 1.70. The zero-order valence-corrected chi connectivity index (χ0v) is 12.4. The summed E-state index contributed by atoms with van der Waals surface area (Å²) in [5, 5.41) is 4.35. The van der Waals surface area contributed by atoms with Gasteiger partial charge in [-0.1, -0.05) is 11.6 Å². The summed E-state index contributed by atoms with van der Waals surface area (Å²) >= 11 is 6.11. The van der Waals surface area contributed by atoms with Crippen LogP contribution in [0.3, 0.4) is 0 Å². The highest BCUT2D eigenvalue weighted by atomic mass is 35.5. The smallest absolute Gasteiger partial charge is 0.272 e. The summed E-state index contributed by atoms with van der Waals surface area (Å²) < 4.78 is 10.5. The van der Waals surface area contributed by atoms with Gasteiger partial charge in [0.15, 0.2) is 11.5 Å². The van der Waals surface area contributed by atoms with Crippen molar-refractivity contribution in [2.24, 2.45) is 5.10 Å². The largest absolute Gasteiger partial charge is 0.454 e. The molecule has 0 bridgehead atoms. The van der Waals surface area contributed by atoms with E-state index in [0.717, 1.165) is 5.69 Å². The fraction of sp³-hybridized carbons (Fsp3) is 0.133. The monoisotopic (exact) mass is 317 g/mol. The maximum Gasteiger partial charge on any atom is 0.272 e. The highest BCUT2D eigenvalue weighted by molar-refractivity contribution is 6.33. The number of pyridine rings is 1. The van der Waals surface area contributed by atoms with Crippen LogP contribution in [0.4, 0.5) is 0 Å². The molecule has 0 fully saturated rings. The lowest BCUT2D eigenvalue weighted by atomic mass is 10.2. The third kappa shape index (κ3) is 3.01. The Morgan fingerprint density at radius 3 is 2.86 bits per heavy atom. The molecule has 2 aromatic rings. The van der Waals surface area contributed by atoms with Crippen molar-refractivity contribution in [2.75, 3.05) is 6.79 Å². The lowest BCUT2D eigenvalue weighted by Gasteiger charge is -2.02. The van der Waals surface area contributed by atoms with E-state index in [1.807, 2.05) is 6.92 Å². The third-order valence-corrected chi connectivity index (χ3v) is 3.36. The van der Waals surface area contributed by atoms with Crippen molar-refractivity contribution in [1.29, 1.82) is 0 Å². The normalized spacial score (nSPS) is 12.6. The van der Waals surface area contributed by atoms with Crippen molar-refractivity contribution in [2.45, 2.75) is 6.92 Å². The van der Waals surface area contributed by atoms with E-state index in [0.29, 0.717) is 27.6 Å². The van der Waals surface area contributed by atoms with Crippen LogP contribution < -0.4 is 14.9 Å².